The summed E-state index contributed by atoms with van der Waals surface area (Å²) in [6.07, 6.45) is 1.74. The van der Waals surface area contributed by atoms with E-state index in [1.807, 2.05) is 20.8 Å². The Morgan fingerprint density at radius 2 is 1.94 bits per heavy atom. The minimum atomic E-state index is -1.21. The lowest BCUT2D eigenvalue weighted by Gasteiger charge is -2.47. The fourth-order valence-corrected chi connectivity index (χ4v) is 6.06. The average Bonchev–Trinajstić information content (AvgIpc) is 3.24. The maximum atomic E-state index is 15.3. The van der Waals surface area contributed by atoms with Gasteiger partial charge in [0.2, 0.25) is 5.91 Å². The highest BCUT2D eigenvalue weighted by Crippen LogP contribution is 2.47. The first-order valence-electron chi connectivity index (χ1n) is 13.6. The van der Waals surface area contributed by atoms with Crippen LogP contribution in [0.15, 0.2) is 0 Å². The first-order valence-corrected chi connectivity index (χ1v) is 13.6. The molecule has 9 heteroatoms. The largest absolute Gasteiger partial charge is 0.444 e. The van der Waals surface area contributed by atoms with Gasteiger partial charge in [-0.15, -0.1) is 0 Å². The Morgan fingerprint density at radius 1 is 1.25 bits per heavy atom. The molecule has 2 saturated heterocycles. The van der Waals surface area contributed by atoms with Crippen molar-refractivity contribution >= 4 is 12.0 Å². The maximum Gasteiger partial charge on any atom is 0.410 e. The number of hydrogen-bond donors (Lipinski definition) is 1. The lowest BCUT2D eigenvalue weighted by molar-refractivity contribution is -0.152. The highest BCUT2D eigenvalue weighted by atomic mass is 19.1. The van der Waals surface area contributed by atoms with Crippen molar-refractivity contribution < 1.29 is 28.2 Å². The monoisotopic (exact) mass is 513 g/mol. The molecule has 1 N–H and O–H groups in total. The summed E-state index contributed by atoms with van der Waals surface area (Å²) < 4.78 is 32.0. The summed E-state index contributed by atoms with van der Waals surface area (Å²) >= 11 is 0. The van der Waals surface area contributed by atoms with Gasteiger partial charge in [0.25, 0.3) is 0 Å². The predicted molar refractivity (Wildman–Crippen MR) is 137 cm³/mol. The second kappa shape index (κ2) is 11.5. The van der Waals surface area contributed by atoms with Gasteiger partial charge in [0.05, 0.1) is 30.2 Å². The fourth-order valence-electron chi connectivity index (χ4n) is 6.06. The molecule has 1 aliphatic carbocycles. The lowest BCUT2D eigenvalue weighted by atomic mass is 9.73. The number of amides is 2. The van der Waals surface area contributed by atoms with Crippen molar-refractivity contribution in [2.45, 2.75) is 116 Å². The number of hydrogen-bond acceptors (Lipinski definition) is 6. The lowest BCUT2D eigenvalue weighted by Crippen LogP contribution is -2.61. The van der Waals surface area contributed by atoms with Crippen molar-refractivity contribution in [2.24, 2.45) is 11.3 Å². The van der Waals surface area contributed by atoms with Gasteiger partial charge >= 0.3 is 6.09 Å². The number of nitrogens with zero attached hydrogens (tertiary/aromatic N) is 2. The third-order valence-corrected chi connectivity index (χ3v) is 8.55. The molecule has 3 aliphatic rings. The number of alkyl halides is 1. The Labute approximate surface area is 216 Å². The minimum Gasteiger partial charge on any atom is -0.444 e. The third kappa shape index (κ3) is 6.33. The summed E-state index contributed by atoms with van der Waals surface area (Å²) in [7, 11) is 3.35. The van der Waals surface area contributed by atoms with Crippen LogP contribution in [0.1, 0.15) is 73.6 Å². The minimum absolute atomic E-state index is 0.00191. The van der Waals surface area contributed by atoms with E-state index in [1.165, 1.54) is 4.90 Å². The van der Waals surface area contributed by atoms with Gasteiger partial charge in [-0.1, -0.05) is 13.8 Å². The third-order valence-electron chi connectivity index (χ3n) is 8.55. The molecule has 0 radical (unpaired) electrons. The normalized spacial score (nSPS) is 35.7. The van der Waals surface area contributed by atoms with Crippen LogP contribution in [0.25, 0.3) is 0 Å². The summed E-state index contributed by atoms with van der Waals surface area (Å²) in [4.78, 5) is 30.0. The van der Waals surface area contributed by atoms with Gasteiger partial charge < -0.3 is 29.3 Å². The van der Waals surface area contributed by atoms with E-state index in [1.54, 1.807) is 26.0 Å². The fraction of sp³-hybridized carbons (Fsp3) is 0.926. The molecule has 2 unspecified atom stereocenters. The molecule has 2 heterocycles. The van der Waals surface area contributed by atoms with E-state index in [0.29, 0.717) is 26.2 Å². The van der Waals surface area contributed by atoms with Crippen LogP contribution < -0.4 is 5.32 Å². The topological polar surface area (TPSA) is 80.3 Å². The van der Waals surface area contributed by atoms with Crippen LogP contribution in [0, 0.1) is 11.3 Å². The molecular weight excluding hydrogens is 465 g/mol. The van der Waals surface area contributed by atoms with Gasteiger partial charge in [0, 0.05) is 45.8 Å². The summed E-state index contributed by atoms with van der Waals surface area (Å²) in [6, 6.07) is -0.572. The van der Waals surface area contributed by atoms with Gasteiger partial charge in [0.1, 0.15) is 11.8 Å². The molecule has 0 aromatic rings. The number of ether oxygens (including phenoxy) is 3. The smallest absolute Gasteiger partial charge is 0.410 e. The second-order valence-electron chi connectivity index (χ2n) is 12.4. The van der Waals surface area contributed by atoms with Gasteiger partial charge in [-0.25, -0.2) is 9.18 Å². The Morgan fingerprint density at radius 3 is 2.56 bits per heavy atom. The molecule has 7 atom stereocenters. The van der Waals surface area contributed by atoms with Gasteiger partial charge in [-0.05, 0) is 59.3 Å². The number of likely N-dealkylation sites (tertiary alicyclic amines) is 1. The van der Waals surface area contributed by atoms with E-state index >= 15 is 4.39 Å². The number of likely N-dealkylation sites (N-methyl/N-ethyl adjacent to an activating group) is 1. The zero-order valence-corrected chi connectivity index (χ0v) is 23.5. The molecule has 3 fully saturated rings. The Bertz CT molecular complexity index is 775. The number of nitrogens with one attached hydrogen (secondary N) is 1. The predicted octanol–water partition coefficient (Wildman–Crippen LogP) is 3.77. The quantitative estimate of drug-likeness (QED) is 0.583. The molecule has 3 rings (SSSR count). The highest BCUT2D eigenvalue weighted by molar-refractivity contribution is 5.84. The van der Waals surface area contributed by atoms with Crippen LogP contribution >= 0.6 is 0 Å². The van der Waals surface area contributed by atoms with E-state index in [0.717, 1.165) is 19.3 Å². The molecule has 2 amide bonds. The number of halogens is 1. The van der Waals surface area contributed by atoms with Crippen LogP contribution in [-0.2, 0) is 19.0 Å². The van der Waals surface area contributed by atoms with E-state index in [9.17, 15) is 9.59 Å². The van der Waals surface area contributed by atoms with Crippen molar-refractivity contribution in [1.29, 1.82) is 0 Å². The number of rotatable bonds is 6. The van der Waals surface area contributed by atoms with Gasteiger partial charge in [-0.2, -0.15) is 0 Å². The van der Waals surface area contributed by atoms with Crippen LogP contribution in [0.2, 0.25) is 0 Å². The summed E-state index contributed by atoms with van der Waals surface area (Å²) in [5.41, 5.74) is -1.20. The molecule has 1 saturated carbocycles. The molecule has 2 aliphatic heterocycles. The SMILES string of the molecule is CO[C@@H]1COCC[C@@H]1N[C@@H]1CC[C@@](C(=O)N2CC(N(C)C(=O)OC(C)(C)C)CC(F)[C@H]2C)(C(C)C)C1. The number of methoxy groups -OCH3 is 1. The van der Waals surface area contributed by atoms with Crippen molar-refractivity contribution in [1.82, 2.24) is 15.1 Å². The average molecular weight is 514 g/mol. The molecule has 8 nitrogen and oxygen atoms in total. The van der Waals surface area contributed by atoms with Crippen molar-refractivity contribution in [2.75, 3.05) is 33.9 Å². The van der Waals surface area contributed by atoms with Gasteiger partial charge in [0.15, 0.2) is 0 Å². The van der Waals surface area contributed by atoms with E-state index < -0.39 is 35.4 Å². The van der Waals surface area contributed by atoms with Crippen molar-refractivity contribution in [3.63, 3.8) is 0 Å². The van der Waals surface area contributed by atoms with Crippen LogP contribution in [0.3, 0.4) is 0 Å². The summed E-state index contributed by atoms with van der Waals surface area (Å²) in [6.45, 7) is 13.0. The molecule has 0 aromatic carbocycles. The van der Waals surface area contributed by atoms with E-state index in [4.69, 9.17) is 14.2 Å². The Balaban J connectivity index is 1.74. The van der Waals surface area contributed by atoms with Gasteiger partial charge in [-0.3, -0.25) is 4.79 Å². The number of piperidine rings is 1. The first-order chi connectivity index (χ1) is 16.8. The van der Waals surface area contributed by atoms with Crippen molar-refractivity contribution in [3.05, 3.63) is 0 Å². The summed E-state index contributed by atoms with van der Waals surface area (Å²) in [5.74, 6) is 0.119. The molecule has 0 bridgehead atoms. The van der Waals surface area contributed by atoms with E-state index in [-0.39, 0.29) is 36.4 Å². The highest BCUT2D eigenvalue weighted by Gasteiger charge is 2.52. The van der Waals surface area contributed by atoms with Crippen LogP contribution in [0.4, 0.5) is 9.18 Å². The van der Waals surface area contributed by atoms with Crippen LogP contribution in [-0.4, -0.2) is 97.8 Å². The second-order valence-corrected chi connectivity index (χ2v) is 12.4. The molecule has 0 spiro atoms. The van der Waals surface area contributed by atoms with Crippen molar-refractivity contribution in [3.8, 4) is 0 Å². The Hall–Kier alpha value is -1.45. The van der Waals surface area contributed by atoms with E-state index in [2.05, 4.69) is 19.2 Å². The standard InChI is InChI=1S/C27H48FN3O5/c1-17(2)27(11-9-19(14-27)29-22-10-12-35-16-23(22)34-8)24(32)31-15-20(13-21(28)18(31)3)30(7)25(33)36-26(4,5)6/h17-23,29H,9-16H2,1-8H3/t18-,19-,20?,21?,22+,23-,27+/m1/s1. The molecular formula is C27H48FN3O5. The Kier molecular flexibility index (Phi) is 9.31. The number of carbonyl (C=O) groups excluding carboxylic acids is 2. The first kappa shape index (κ1) is 29.1. The molecule has 0 aromatic heterocycles. The van der Waals surface area contributed by atoms with Crippen LogP contribution in [0.5, 0.6) is 0 Å². The molecule has 36 heavy (non-hydrogen) atoms. The zero-order chi connectivity index (χ0) is 26.8. The zero-order valence-electron chi connectivity index (χ0n) is 23.5. The number of carbonyl (C=O) groups is 2. The maximum absolute atomic E-state index is 15.3. The molecule has 208 valence electrons. The summed E-state index contributed by atoms with van der Waals surface area (Å²) in [5, 5.41) is 3.75.